The summed E-state index contributed by atoms with van der Waals surface area (Å²) in [6, 6.07) is 10.7. The van der Waals surface area contributed by atoms with E-state index in [1.807, 2.05) is 0 Å². The normalized spacial score (nSPS) is 10.9. The summed E-state index contributed by atoms with van der Waals surface area (Å²) >= 11 is 3.04. The smallest absolute Gasteiger partial charge is 0.412 e. The Kier molecular flexibility index (Phi) is 5.79. The molecule has 5 nitrogen and oxygen atoms in total. The van der Waals surface area contributed by atoms with Crippen molar-refractivity contribution in [3.63, 3.8) is 0 Å². The third-order valence-electron chi connectivity index (χ3n) is 2.99. The number of nitrogens with one attached hydrogen (secondary N) is 2. The average molecular weight is 409 g/mol. The predicted molar refractivity (Wildman–Crippen MR) is 98.4 cm³/mol. The van der Waals surface area contributed by atoms with Gasteiger partial charge in [-0.25, -0.2) is 9.18 Å². The molecule has 0 radical (unpaired) electrons. The lowest BCUT2D eigenvalue weighted by Crippen LogP contribution is -2.27. The van der Waals surface area contributed by atoms with Gasteiger partial charge < -0.3 is 10.1 Å². The summed E-state index contributed by atoms with van der Waals surface area (Å²) < 4.78 is 19.1. The van der Waals surface area contributed by atoms with Crippen molar-refractivity contribution in [2.24, 2.45) is 0 Å². The summed E-state index contributed by atoms with van der Waals surface area (Å²) in [6.45, 7) is 5.26. The van der Waals surface area contributed by atoms with Crippen molar-refractivity contribution in [1.29, 1.82) is 0 Å². The van der Waals surface area contributed by atoms with Gasteiger partial charge in [-0.1, -0.05) is 12.1 Å². The lowest BCUT2D eigenvalue weighted by atomic mass is 10.2. The van der Waals surface area contributed by atoms with Gasteiger partial charge in [0, 0.05) is 5.56 Å². The Morgan fingerprint density at radius 1 is 1.04 bits per heavy atom. The van der Waals surface area contributed by atoms with Crippen LogP contribution in [-0.4, -0.2) is 17.6 Å². The largest absolute Gasteiger partial charge is 0.444 e. The first-order valence-corrected chi connectivity index (χ1v) is 8.30. The van der Waals surface area contributed by atoms with E-state index in [9.17, 15) is 14.0 Å². The standard InChI is InChI=1S/C18H18BrFN2O3/c1-18(2,3)25-17(24)22-15-7-5-4-6-14(15)21-16(23)11-8-9-12(19)13(20)10-11/h4-10H,1-3H3,(H,21,23)(H,22,24). The Balaban J connectivity index is 2.16. The number of carbonyl (C=O) groups is 2. The van der Waals surface area contributed by atoms with Crippen LogP contribution in [0.5, 0.6) is 0 Å². The van der Waals surface area contributed by atoms with Gasteiger partial charge in [0.05, 0.1) is 15.8 Å². The summed E-state index contributed by atoms with van der Waals surface area (Å²) in [7, 11) is 0. The molecule has 0 fully saturated rings. The molecule has 0 aromatic heterocycles. The minimum Gasteiger partial charge on any atom is -0.444 e. The molecule has 0 aliphatic heterocycles. The Labute approximate surface area is 153 Å². The van der Waals surface area contributed by atoms with Gasteiger partial charge in [-0.05, 0) is 67.0 Å². The molecule has 2 aromatic rings. The van der Waals surface area contributed by atoms with Crippen LogP contribution in [0.25, 0.3) is 0 Å². The van der Waals surface area contributed by atoms with Crippen LogP contribution < -0.4 is 10.6 Å². The summed E-state index contributed by atoms with van der Waals surface area (Å²) in [4.78, 5) is 24.2. The molecule has 0 aliphatic rings. The Bertz CT molecular complexity index is 803. The van der Waals surface area contributed by atoms with Gasteiger partial charge in [0.1, 0.15) is 11.4 Å². The highest BCUT2D eigenvalue weighted by Gasteiger charge is 2.18. The van der Waals surface area contributed by atoms with E-state index in [1.165, 1.54) is 12.1 Å². The summed E-state index contributed by atoms with van der Waals surface area (Å²) in [5.41, 5.74) is 0.272. The van der Waals surface area contributed by atoms with Crippen molar-refractivity contribution in [2.45, 2.75) is 26.4 Å². The second kappa shape index (κ2) is 7.65. The van der Waals surface area contributed by atoms with Gasteiger partial charge in [0.15, 0.2) is 0 Å². The molecule has 0 atom stereocenters. The van der Waals surface area contributed by atoms with E-state index < -0.39 is 23.4 Å². The number of rotatable bonds is 3. The van der Waals surface area contributed by atoms with E-state index in [0.29, 0.717) is 11.4 Å². The highest BCUT2D eigenvalue weighted by Crippen LogP contribution is 2.23. The zero-order valence-electron chi connectivity index (χ0n) is 14.0. The zero-order chi connectivity index (χ0) is 18.6. The molecular formula is C18H18BrFN2O3. The van der Waals surface area contributed by atoms with Crippen molar-refractivity contribution < 1.29 is 18.7 Å². The molecule has 7 heteroatoms. The maximum Gasteiger partial charge on any atom is 0.412 e. The monoisotopic (exact) mass is 408 g/mol. The predicted octanol–water partition coefficient (Wildman–Crippen LogP) is 5.19. The number of carbonyl (C=O) groups excluding carboxylic acids is 2. The first-order chi connectivity index (χ1) is 11.7. The topological polar surface area (TPSA) is 67.4 Å². The highest BCUT2D eigenvalue weighted by atomic mass is 79.9. The number of para-hydroxylation sites is 2. The highest BCUT2D eigenvalue weighted by molar-refractivity contribution is 9.10. The van der Waals surface area contributed by atoms with Crippen LogP contribution in [0, 0.1) is 5.82 Å². The van der Waals surface area contributed by atoms with Crippen LogP contribution in [0.1, 0.15) is 31.1 Å². The second-order valence-electron chi connectivity index (χ2n) is 6.26. The quantitative estimate of drug-likeness (QED) is 0.734. The van der Waals surface area contributed by atoms with Crippen LogP contribution in [0.2, 0.25) is 0 Å². The molecule has 0 saturated carbocycles. The number of anilines is 2. The molecule has 0 saturated heterocycles. The molecule has 0 heterocycles. The van der Waals surface area contributed by atoms with E-state index in [1.54, 1.807) is 45.0 Å². The lowest BCUT2D eigenvalue weighted by molar-refractivity contribution is 0.0635. The van der Waals surface area contributed by atoms with Gasteiger partial charge >= 0.3 is 6.09 Å². The van der Waals surface area contributed by atoms with Crippen LogP contribution in [-0.2, 0) is 4.74 Å². The van der Waals surface area contributed by atoms with E-state index in [2.05, 4.69) is 26.6 Å². The fourth-order valence-electron chi connectivity index (χ4n) is 1.95. The van der Waals surface area contributed by atoms with Gasteiger partial charge in [0.2, 0.25) is 0 Å². The molecule has 0 spiro atoms. The SMILES string of the molecule is CC(C)(C)OC(=O)Nc1ccccc1NC(=O)c1ccc(Br)c(F)c1. The van der Waals surface area contributed by atoms with Crippen LogP contribution in [0.4, 0.5) is 20.6 Å². The summed E-state index contributed by atoms with van der Waals surface area (Å²) in [6.07, 6.45) is -0.635. The maximum atomic E-state index is 13.6. The molecule has 2 rings (SSSR count). The van der Waals surface area contributed by atoms with Crippen LogP contribution >= 0.6 is 15.9 Å². The second-order valence-corrected chi connectivity index (χ2v) is 7.11. The summed E-state index contributed by atoms with van der Waals surface area (Å²) in [5, 5.41) is 5.24. The Hall–Kier alpha value is -2.41. The molecule has 25 heavy (non-hydrogen) atoms. The number of benzene rings is 2. The first-order valence-electron chi connectivity index (χ1n) is 7.51. The first kappa shape index (κ1) is 18.9. The Morgan fingerprint density at radius 2 is 1.64 bits per heavy atom. The van der Waals surface area contributed by atoms with Crippen molar-refractivity contribution in [1.82, 2.24) is 0 Å². The molecule has 2 amide bonds. The Morgan fingerprint density at radius 3 is 2.20 bits per heavy atom. The molecule has 132 valence electrons. The van der Waals surface area contributed by atoms with Gasteiger partial charge in [-0.2, -0.15) is 0 Å². The number of ether oxygens (including phenoxy) is 1. The van der Waals surface area contributed by atoms with E-state index >= 15 is 0 Å². The van der Waals surface area contributed by atoms with Crippen LogP contribution in [0.3, 0.4) is 0 Å². The van der Waals surface area contributed by atoms with E-state index in [-0.39, 0.29) is 10.0 Å². The number of halogens is 2. The molecule has 2 N–H and O–H groups in total. The van der Waals surface area contributed by atoms with Crippen molar-refractivity contribution >= 4 is 39.3 Å². The minimum atomic E-state index is -0.642. The summed E-state index contributed by atoms with van der Waals surface area (Å²) in [5.74, 6) is -1.03. The number of hydrogen-bond donors (Lipinski definition) is 2. The fourth-order valence-corrected chi connectivity index (χ4v) is 2.19. The molecule has 2 aromatic carbocycles. The zero-order valence-corrected chi connectivity index (χ0v) is 15.6. The molecule has 0 unspecified atom stereocenters. The van der Waals surface area contributed by atoms with E-state index in [4.69, 9.17) is 4.74 Å². The van der Waals surface area contributed by atoms with Crippen molar-refractivity contribution in [3.05, 3.63) is 58.3 Å². The third kappa shape index (κ3) is 5.56. The third-order valence-corrected chi connectivity index (χ3v) is 3.64. The van der Waals surface area contributed by atoms with E-state index in [0.717, 1.165) is 6.07 Å². The van der Waals surface area contributed by atoms with Crippen LogP contribution in [0.15, 0.2) is 46.9 Å². The minimum absolute atomic E-state index is 0.160. The number of hydrogen-bond acceptors (Lipinski definition) is 3. The number of amides is 2. The molecule has 0 aliphatic carbocycles. The lowest BCUT2D eigenvalue weighted by Gasteiger charge is -2.20. The van der Waals surface area contributed by atoms with Crippen molar-refractivity contribution in [3.8, 4) is 0 Å². The van der Waals surface area contributed by atoms with Gasteiger partial charge in [-0.15, -0.1) is 0 Å². The maximum absolute atomic E-state index is 13.6. The fraction of sp³-hybridized carbons (Fsp3) is 0.222. The van der Waals surface area contributed by atoms with Gasteiger partial charge in [-0.3, -0.25) is 10.1 Å². The van der Waals surface area contributed by atoms with Gasteiger partial charge in [0.25, 0.3) is 5.91 Å². The molecule has 0 bridgehead atoms. The van der Waals surface area contributed by atoms with Crippen molar-refractivity contribution in [2.75, 3.05) is 10.6 Å². The average Bonchev–Trinajstić information content (AvgIpc) is 2.50. The molecular weight excluding hydrogens is 391 g/mol.